The molecule has 1 aliphatic heterocycles. The van der Waals surface area contributed by atoms with Crippen LogP contribution in [0.25, 0.3) is 10.8 Å². The van der Waals surface area contributed by atoms with Gasteiger partial charge in [-0.2, -0.15) is 5.10 Å². The van der Waals surface area contributed by atoms with E-state index in [-0.39, 0.29) is 5.56 Å². The molecule has 2 aromatic rings. The van der Waals surface area contributed by atoms with Gasteiger partial charge in [0.1, 0.15) is 5.75 Å². The topological polar surface area (TPSA) is 84.2 Å². The number of nitrogens with two attached hydrogens (primary N) is 1. The smallest absolute Gasteiger partial charge is 0.275 e. The van der Waals surface area contributed by atoms with Crippen molar-refractivity contribution in [2.75, 3.05) is 31.6 Å². The van der Waals surface area contributed by atoms with Gasteiger partial charge in [-0.3, -0.25) is 4.79 Å². The maximum atomic E-state index is 11.9. The zero-order chi connectivity index (χ0) is 14.8. The molecule has 0 aliphatic carbocycles. The van der Waals surface area contributed by atoms with E-state index in [1.807, 2.05) is 12.1 Å². The van der Waals surface area contributed by atoms with E-state index in [1.165, 1.54) is 0 Å². The van der Waals surface area contributed by atoms with Gasteiger partial charge in [0.25, 0.3) is 5.56 Å². The molecular weight excluding hydrogens is 268 g/mol. The lowest BCUT2D eigenvalue weighted by molar-refractivity contribution is 0.410. The highest BCUT2D eigenvalue weighted by Crippen LogP contribution is 2.31. The molecule has 0 spiro atoms. The number of nitrogens with zero attached hydrogens (tertiary/aromatic N) is 2. The molecule has 2 heterocycles. The minimum atomic E-state index is -0.224. The van der Waals surface area contributed by atoms with Gasteiger partial charge in [-0.15, -0.1) is 0 Å². The molecule has 1 aromatic carbocycles. The molecule has 6 heteroatoms. The minimum Gasteiger partial charge on any atom is -0.496 e. The number of aromatic nitrogens is 2. The van der Waals surface area contributed by atoms with E-state index in [1.54, 1.807) is 13.3 Å². The van der Waals surface area contributed by atoms with Crippen molar-refractivity contribution in [1.82, 2.24) is 10.2 Å². The van der Waals surface area contributed by atoms with Crippen LogP contribution in [0.3, 0.4) is 0 Å². The average Bonchev–Trinajstić information content (AvgIpc) is 2.54. The van der Waals surface area contributed by atoms with E-state index in [4.69, 9.17) is 10.5 Å². The van der Waals surface area contributed by atoms with Crippen molar-refractivity contribution in [3.05, 3.63) is 28.7 Å². The number of nitrogens with one attached hydrogen (secondary N) is 1. The number of benzene rings is 1. The maximum Gasteiger partial charge on any atom is 0.275 e. The van der Waals surface area contributed by atoms with Crippen molar-refractivity contribution in [2.24, 2.45) is 11.7 Å². The summed E-state index contributed by atoms with van der Waals surface area (Å²) in [6.45, 7) is 2.72. The second-order valence-corrected chi connectivity index (χ2v) is 5.48. The first-order valence-electron chi connectivity index (χ1n) is 7.23. The van der Waals surface area contributed by atoms with Crippen molar-refractivity contribution in [2.45, 2.75) is 12.8 Å². The molecule has 0 unspecified atom stereocenters. The van der Waals surface area contributed by atoms with Crippen LogP contribution in [0.1, 0.15) is 12.8 Å². The molecular formula is C15H20N4O2. The number of anilines is 1. The van der Waals surface area contributed by atoms with Crippen LogP contribution < -0.4 is 20.9 Å². The lowest BCUT2D eigenvalue weighted by Gasteiger charge is -2.33. The summed E-state index contributed by atoms with van der Waals surface area (Å²) >= 11 is 0. The molecule has 6 nitrogen and oxygen atoms in total. The van der Waals surface area contributed by atoms with Gasteiger partial charge in [0, 0.05) is 30.2 Å². The third-order valence-electron chi connectivity index (χ3n) is 4.25. The molecule has 1 saturated heterocycles. The predicted molar refractivity (Wildman–Crippen MR) is 82.9 cm³/mol. The third-order valence-corrected chi connectivity index (χ3v) is 4.25. The van der Waals surface area contributed by atoms with Gasteiger partial charge in [-0.1, -0.05) is 0 Å². The summed E-state index contributed by atoms with van der Waals surface area (Å²) in [7, 11) is 1.58. The van der Waals surface area contributed by atoms with Gasteiger partial charge in [-0.25, -0.2) is 5.10 Å². The van der Waals surface area contributed by atoms with Crippen LogP contribution >= 0.6 is 0 Å². The summed E-state index contributed by atoms with van der Waals surface area (Å²) in [5, 5.41) is 7.67. The summed E-state index contributed by atoms with van der Waals surface area (Å²) in [5.74, 6) is 1.21. The number of piperidine rings is 1. The van der Waals surface area contributed by atoms with Crippen LogP contribution in [0.2, 0.25) is 0 Å². The standard InChI is InChI=1S/C15H20N4O2/c1-21-13-7-12(19-4-2-10(8-16)3-5-19)6-11-9-17-18-15(20)14(11)13/h6-7,9-10H,2-5,8,16H2,1H3,(H,18,20). The highest BCUT2D eigenvalue weighted by molar-refractivity contribution is 5.90. The lowest BCUT2D eigenvalue weighted by atomic mass is 9.96. The number of fused-ring (bicyclic) bond motifs is 1. The van der Waals surface area contributed by atoms with Crippen LogP contribution in [-0.2, 0) is 0 Å². The van der Waals surface area contributed by atoms with Crippen LogP contribution in [0.4, 0.5) is 5.69 Å². The number of hydrogen-bond donors (Lipinski definition) is 2. The van der Waals surface area contributed by atoms with Crippen molar-refractivity contribution in [3.63, 3.8) is 0 Å². The molecule has 21 heavy (non-hydrogen) atoms. The molecule has 0 amide bonds. The van der Waals surface area contributed by atoms with Crippen LogP contribution in [0.15, 0.2) is 23.1 Å². The first kappa shape index (κ1) is 13.9. The van der Waals surface area contributed by atoms with E-state index in [0.29, 0.717) is 17.1 Å². The molecule has 3 rings (SSSR count). The van der Waals surface area contributed by atoms with Gasteiger partial charge in [0.15, 0.2) is 0 Å². The largest absolute Gasteiger partial charge is 0.496 e. The van der Waals surface area contributed by atoms with Gasteiger partial charge in [-0.05, 0) is 31.4 Å². The Hall–Kier alpha value is -2.08. The Bertz CT molecular complexity index is 690. The molecule has 0 saturated carbocycles. The Kier molecular flexibility index (Phi) is 3.79. The normalized spacial score (nSPS) is 16.4. The van der Waals surface area contributed by atoms with Crippen LogP contribution in [0, 0.1) is 5.92 Å². The van der Waals surface area contributed by atoms with Crippen LogP contribution in [0.5, 0.6) is 5.75 Å². The van der Waals surface area contributed by atoms with E-state index in [0.717, 1.165) is 43.5 Å². The highest BCUT2D eigenvalue weighted by Gasteiger charge is 2.20. The summed E-state index contributed by atoms with van der Waals surface area (Å²) in [6.07, 6.45) is 3.87. The summed E-state index contributed by atoms with van der Waals surface area (Å²) in [4.78, 5) is 14.2. The van der Waals surface area contributed by atoms with Crippen molar-refractivity contribution in [3.8, 4) is 5.75 Å². The Morgan fingerprint density at radius 1 is 1.43 bits per heavy atom. The number of rotatable bonds is 3. The Morgan fingerprint density at radius 3 is 2.86 bits per heavy atom. The van der Waals surface area contributed by atoms with Crippen molar-refractivity contribution in [1.29, 1.82) is 0 Å². The first-order valence-corrected chi connectivity index (χ1v) is 7.23. The second kappa shape index (κ2) is 5.73. The Labute approximate surface area is 122 Å². The molecule has 0 bridgehead atoms. The third kappa shape index (κ3) is 2.58. The number of ether oxygens (including phenoxy) is 1. The SMILES string of the molecule is COc1cc(N2CCC(CN)CC2)cc2cn[nH]c(=O)c12. The highest BCUT2D eigenvalue weighted by atomic mass is 16.5. The van der Waals surface area contributed by atoms with Gasteiger partial charge < -0.3 is 15.4 Å². The number of methoxy groups -OCH3 is 1. The fourth-order valence-electron chi connectivity index (χ4n) is 2.95. The fourth-order valence-corrected chi connectivity index (χ4v) is 2.95. The Morgan fingerprint density at radius 2 is 2.19 bits per heavy atom. The average molecular weight is 288 g/mol. The molecule has 1 aliphatic rings. The van der Waals surface area contributed by atoms with Gasteiger partial charge >= 0.3 is 0 Å². The number of hydrogen-bond acceptors (Lipinski definition) is 5. The monoisotopic (exact) mass is 288 g/mol. The fraction of sp³-hybridized carbons (Fsp3) is 0.467. The zero-order valence-electron chi connectivity index (χ0n) is 12.1. The van der Waals surface area contributed by atoms with Gasteiger partial charge in [0.2, 0.25) is 0 Å². The van der Waals surface area contributed by atoms with E-state index in [9.17, 15) is 4.79 Å². The number of aromatic amines is 1. The van der Waals surface area contributed by atoms with Crippen molar-refractivity contribution >= 4 is 16.5 Å². The zero-order valence-corrected chi connectivity index (χ0v) is 12.1. The van der Waals surface area contributed by atoms with Gasteiger partial charge in [0.05, 0.1) is 18.7 Å². The molecule has 1 aromatic heterocycles. The second-order valence-electron chi connectivity index (χ2n) is 5.48. The first-order chi connectivity index (χ1) is 10.2. The maximum absolute atomic E-state index is 11.9. The molecule has 1 fully saturated rings. The van der Waals surface area contributed by atoms with Crippen LogP contribution in [-0.4, -0.2) is 36.9 Å². The van der Waals surface area contributed by atoms with Crippen molar-refractivity contribution < 1.29 is 4.74 Å². The quantitative estimate of drug-likeness (QED) is 0.883. The molecule has 3 N–H and O–H groups in total. The molecule has 0 atom stereocenters. The van der Waals surface area contributed by atoms with E-state index in [2.05, 4.69) is 15.1 Å². The lowest BCUT2D eigenvalue weighted by Crippen LogP contribution is -2.36. The summed E-state index contributed by atoms with van der Waals surface area (Å²) in [5.41, 5.74) is 6.59. The molecule has 0 radical (unpaired) electrons. The van der Waals surface area contributed by atoms with E-state index < -0.39 is 0 Å². The van der Waals surface area contributed by atoms with E-state index >= 15 is 0 Å². The summed E-state index contributed by atoms with van der Waals surface area (Å²) < 4.78 is 5.39. The number of H-pyrrole nitrogens is 1. The minimum absolute atomic E-state index is 0.224. The molecule has 112 valence electrons. The predicted octanol–water partition coefficient (Wildman–Crippen LogP) is 1.11. The summed E-state index contributed by atoms with van der Waals surface area (Å²) in [6, 6.07) is 3.93. The Balaban J connectivity index is 1.99.